The van der Waals surface area contributed by atoms with Crippen LogP contribution in [-0.2, 0) is 9.53 Å². The lowest BCUT2D eigenvalue weighted by molar-refractivity contribution is -0.385. The van der Waals surface area contributed by atoms with Gasteiger partial charge in [-0.25, -0.2) is 0 Å². The molecule has 0 aliphatic rings. The molecule has 114 valence electrons. The van der Waals surface area contributed by atoms with E-state index in [4.69, 9.17) is 4.74 Å². The third kappa shape index (κ3) is 3.69. The van der Waals surface area contributed by atoms with Crippen LogP contribution in [0.4, 0.5) is 11.4 Å². The Hall–Kier alpha value is -2.25. The molecule has 2 aromatic carbocycles. The van der Waals surface area contributed by atoms with Crippen LogP contribution in [0.2, 0.25) is 0 Å². The molecule has 2 aromatic rings. The quantitative estimate of drug-likeness (QED) is 0.647. The summed E-state index contributed by atoms with van der Waals surface area (Å²) in [5, 5.41) is 13.5. The van der Waals surface area contributed by atoms with Gasteiger partial charge in [0.15, 0.2) is 6.10 Å². The van der Waals surface area contributed by atoms with Gasteiger partial charge in [-0.1, -0.05) is 30.3 Å². The van der Waals surface area contributed by atoms with E-state index in [0.717, 1.165) is 0 Å². The second-order valence-electron chi connectivity index (χ2n) is 4.44. The van der Waals surface area contributed by atoms with Gasteiger partial charge in [-0.05, 0) is 33.6 Å². The first kappa shape index (κ1) is 16.1. The third-order valence-electron chi connectivity index (χ3n) is 2.99. The Bertz CT molecular complexity index is 691. The summed E-state index contributed by atoms with van der Waals surface area (Å²) in [5.41, 5.74) is 0.915. The molecule has 1 atom stereocenters. The fourth-order valence-corrected chi connectivity index (χ4v) is 2.35. The minimum absolute atomic E-state index is 0.119. The van der Waals surface area contributed by atoms with Crippen LogP contribution in [0.3, 0.4) is 0 Å². The highest BCUT2D eigenvalue weighted by molar-refractivity contribution is 9.10. The van der Waals surface area contributed by atoms with Crippen LogP contribution in [0, 0.1) is 10.1 Å². The number of halogens is 1. The van der Waals surface area contributed by atoms with E-state index in [0.29, 0.717) is 15.7 Å². The molecule has 0 radical (unpaired) electrons. The van der Waals surface area contributed by atoms with Crippen LogP contribution in [-0.4, -0.2) is 17.9 Å². The maximum Gasteiger partial charge on any atom is 0.285 e. The number of carbonyl (C=O) groups excluding carboxylic acids is 1. The molecule has 1 amide bonds. The van der Waals surface area contributed by atoms with Crippen molar-refractivity contribution in [1.29, 1.82) is 0 Å². The first-order chi connectivity index (χ1) is 10.5. The summed E-state index contributed by atoms with van der Waals surface area (Å²) in [6.07, 6.45) is -0.788. The smallest absolute Gasteiger partial charge is 0.285 e. The summed E-state index contributed by atoms with van der Waals surface area (Å²) in [6.45, 7) is 0. The largest absolute Gasteiger partial charge is 0.367 e. The van der Waals surface area contributed by atoms with Gasteiger partial charge in [0.2, 0.25) is 0 Å². The number of ether oxygens (including phenoxy) is 1. The Morgan fingerprint density at radius 1 is 1.27 bits per heavy atom. The lowest BCUT2D eigenvalue weighted by Crippen LogP contribution is -2.22. The van der Waals surface area contributed by atoms with Crippen molar-refractivity contribution in [3.05, 3.63) is 68.7 Å². The number of hydrogen-bond acceptors (Lipinski definition) is 4. The predicted molar refractivity (Wildman–Crippen MR) is 85.6 cm³/mol. The summed E-state index contributed by atoms with van der Waals surface area (Å²) < 4.78 is 5.57. The molecule has 0 aromatic heterocycles. The van der Waals surface area contributed by atoms with E-state index in [2.05, 4.69) is 21.2 Å². The number of benzene rings is 2. The van der Waals surface area contributed by atoms with E-state index >= 15 is 0 Å². The Balaban J connectivity index is 2.21. The van der Waals surface area contributed by atoms with Gasteiger partial charge >= 0.3 is 0 Å². The Kier molecular flexibility index (Phi) is 5.24. The maximum atomic E-state index is 12.3. The van der Waals surface area contributed by atoms with Gasteiger partial charge in [-0.15, -0.1) is 0 Å². The van der Waals surface area contributed by atoms with E-state index in [-0.39, 0.29) is 5.69 Å². The second kappa shape index (κ2) is 7.15. The Labute approximate surface area is 135 Å². The number of amides is 1. The van der Waals surface area contributed by atoms with E-state index < -0.39 is 16.9 Å². The molecule has 0 saturated carbocycles. The van der Waals surface area contributed by atoms with Crippen molar-refractivity contribution in [3.8, 4) is 0 Å². The normalized spacial score (nSPS) is 11.7. The van der Waals surface area contributed by atoms with E-state index in [9.17, 15) is 14.9 Å². The molecule has 7 heteroatoms. The summed E-state index contributed by atoms with van der Waals surface area (Å²) in [5.74, 6) is -0.398. The molecule has 0 bridgehead atoms. The van der Waals surface area contributed by atoms with Crippen LogP contribution in [0.15, 0.2) is 53.0 Å². The zero-order chi connectivity index (χ0) is 16.1. The summed E-state index contributed by atoms with van der Waals surface area (Å²) in [7, 11) is 1.43. The summed E-state index contributed by atoms with van der Waals surface area (Å²) >= 11 is 3.10. The first-order valence-corrected chi connectivity index (χ1v) is 7.14. The van der Waals surface area contributed by atoms with Crippen LogP contribution in [0.1, 0.15) is 11.7 Å². The number of carbonyl (C=O) groups is 1. The average molecular weight is 365 g/mol. The highest BCUT2D eigenvalue weighted by Crippen LogP contribution is 2.28. The standard InChI is InChI=1S/C15H13BrN2O4/c1-22-14(10-5-3-2-4-6-10)15(19)17-11-7-8-12(16)13(9-11)18(20)21/h2-9,14H,1H3,(H,17,19). The number of nitrogens with zero attached hydrogens (tertiary/aromatic N) is 1. The van der Waals surface area contributed by atoms with Crippen LogP contribution < -0.4 is 5.32 Å². The molecule has 0 aliphatic heterocycles. The molecule has 0 saturated heterocycles. The first-order valence-electron chi connectivity index (χ1n) is 6.35. The monoisotopic (exact) mass is 364 g/mol. The van der Waals surface area contributed by atoms with Crippen molar-refractivity contribution in [1.82, 2.24) is 0 Å². The number of nitro benzene ring substituents is 1. The molecular formula is C15H13BrN2O4. The highest BCUT2D eigenvalue weighted by atomic mass is 79.9. The maximum absolute atomic E-state index is 12.3. The Morgan fingerprint density at radius 2 is 1.95 bits per heavy atom. The topological polar surface area (TPSA) is 81.5 Å². The van der Waals surface area contributed by atoms with Crippen LogP contribution in [0.5, 0.6) is 0 Å². The SMILES string of the molecule is COC(C(=O)Nc1ccc(Br)c([N+](=O)[O-])c1)c1ccccc1. The minimum Gasteiger partial charge on any atom is -0.367 e. The zero-order valence-corrected chi connectivity index (χ0v) is 13.2. The number of hydrogen-bond donors (Lipinski definition) is 1. The average Bonchev–Trinajstić information content (AvgIpc) is 2.51. The number of rotatable bonds is 5. The van der Waals surface area contributed by atoms with Crippen molar-refractivity contribution in [3.63, 3.8) is 0 Å². The molecule has 22 heavy (non-hydrogen) atoms. The number of nitrogens with one attached hydrogen (secondary N) is 1. The highest BCUT2D eigenvalue weighted by Gasteiger charge is 2.21. The van der Waals surface area contributed by atoms with Gasteiger partial charge in [-0.2, -0.15) is 0 Å². The molecule has 0 spiro atoms. The molecule has 6 nitrogen and oxygen atoms in total. The zero-order valence-electron chi connectivity index (χ0n) is 11.7. The molecule has 0 heterocycles. The molecule has 2 rings (SSSR count). The van der Waals surface area contributed by atoms with Gasteiger partial charge in [-0.3, -0.25) is 14.9 Å². The lowest BCUT2D eigenvalue weighted by atomic mass is 10.1. The van der Waals surface area contributed by atoms with Crippen molar-refractivity contribution in [2.45, 2.75) is 6.10 Å². The molecule has 1 unspecified atom stereocenters. The van der Waals surface area contributed by atoms with Crippen molar-refractivity contribution in [2.75, 3.05) is 12.4 Å². The summed E-state index contributed by atoms with van der Waals surface area (Å²) in [6, 6.07) is 13.4. The number of nitro groups is 1. The van der Waals surface area contributed by atoms with E-state index in [1.807, 2.05) is 6.07 Å². The van der Waals surface area contributed by atoms with E-state index in [1.54, 1.807) is 30.3 Å². The molecule has 1 N–H and O–H groups in total. The van der Waals surface area contributed by atoms with Gasteiger partial charge in [0.25, 0.3) is 11.6 Å². The van der Waals surface area contributed by atoms with Gasteiger partial charge in [0.1, 0.15) is 0 Å². The van der Waals surface area contributed by atoms with Crippen molar-refractivity contribution >= 4 is 33.2 Å². The van der Waals surface area contributed by atoms with Crippen LogP contribution >= 0.6 is 15.9 Å². The predicted octanol–water partition coefficient (Wildman–Crippen LogP) is 3.68. The Morgan fingerprint density at radius 3 is 2.55 bits per heavy atom. The fraction of sp³-hybridized carbons (Fsp3) is 0.133. The third-order valence-corrected chi connectivity index (χ3v) is 3.66. The number of anilines is 1. The van der Waals surface area contributed by atoms with Crippen LogP contribution in [0.25, 0.3) is 0 Å². The number of methoxy groups -OCH3 is 1. The van der Waals surface area contributed by atoms with E-state index in [1.165, 1.54) is 19.2 Å². The van der Waals surface area contributed by atoms with Gasteiger partial charge < -0.3 is 10.1 Å². The van der Waals surface area contributed by atoms with Gasteiger partial charge in [0.05, 0.1) is 9.40 Å². The fourth-order valence-electron chi connectivity index (χ4n) is 1.96. The summed E-state index contributed by atoms with van der Waals surface area (Å²) in [4.78, 5) is 22.7. The molecule has 0 aliphatic carbocycles. The molecular weight excluding hydrogens is 352 g/mol. The van der Waals surface area contributed by atoms with Crippen molar-refractivity contribution in [2.24, 2.45) is 0 Å². The molecule has 0 fully saturated rings. The lowest BCUT2D eigenvalue weighted by Gasteiger charge is -2.15. The minimum atomic E-state index is -0.788. The second-order valence-corrected chi connectivity index (χ2v) is 5.29. The van der Waals surface area contributed by atoms with Gasteiger partial charge in [0, 0.05) is 18.9 Å². The van der Waals surface area contributed by atoms with Crippen molar-refractivity contribution < 1.29 is 14.5 Å².